The van der Waals surface area contributed by atoms with Gasteiger partial charge in [0, 0.05) is 19.1 Å². The number of sulfonamides is 1. The average molecular weight is 310 g/mol. The molecule has 5 heteroatoms. The Morgan fingerprint density at radius 2 is 1.86 bits per heavy atom. The normalized spacial score (nSPS) is 20.3. The van der Waals surface area contributed by atoms with Gasteiger partial charge in [-0.15, -0.1) is 0 Å². The van der Waals surface area contributed by atoms with Crippen LogP contribution in [0.1, 0.15) is 37.8 Å². The van der Waals surface area contributed by atoms with Gasteiger partial charge in [0.1, 0.15) is 0 Å². The molecule has 0 bridgehead atoms. The summed E-state index contributed by atoms with van der Waals surface area (Å²) in [6.45, 7) is 5.67. The quantitative estimate of drug-likeness (QED) is 0.877. The minimum Gasteiger partial charge on any atom is -0.316 e. The van der Waals surface area contributed by atoms with Gasteiger partial charge in [-0.05, 0) is 36.9 Å². The van der Waals surface area contributed by atoms with Crippen LogP contribution in [0.25, 0.3) is 0 Å². The number of benzene rings is 1. The highest BCUT2D eigenvalue weighted by atomic mass is 32.2. The summed E-state index contributed by atoms with van der Waals surface area (Å²) in [6.07, 6.45) is 1.96. The molecule has 0 spiro atoms. The minimum atomic E-state index is -3.21. The molecular weight excluding hydrogens is 284 g/mol. The van der Waals surface area contributed by atoms with Crippen molar-refractivity contribution in [3.05, 3.63) is 35.4 Å². The van der Waals surface area contributed by atoms with Crippen molar-refractivity contribution in [1.82, 2.24) is 9.62 Å². The summed E-state index contributed by atoms with van der Waals surface area (Å²) in [7, 11) is -1.31. The zero-order valence-electron chi connectivity index (χ0n) is 13.2. The van der Waals surface area contributed by atoms with Crippen LogP contribution in [0.3, 0.4) is 0 Å². The SMILES string of the molecule is CNCc1ccc(CS(=O)(=O)N2CCCC2C(C)C)cc1. The maximum atomic E-state index is 12.6. The van der Waals surface area contributed by atoms with Crippen molar-refractivity contribution in [2.45, 2.75) is 45.0 Å². The Bertz CT molecular complexity index is 552. The average Bonchev–Trinajstić information content (AvgIpc) is 2.91. The smallest absolute Gasteiger partial charge is 0.218 e. The van der Waals surface area contributed by atoms with E-state index >= 15 is 0 Å². The molecule has 1 aliphatic rings. The van der Waals surface area contributed by atoms with Gasteiger partial charge in [-0.1, -0.05) is 38.1 Å². The van der Waals surface area contributed by atoms with E-state index in [2.05, 4.69) is 19.2 Å². The highest BCUT2D eigenvalue weighted by Crippen LogP contribution is 2.28. The van der Waals surface area contributed by atoms with Gasteiger partial charge < -0.3 is 5.32 Å². The lowest BCUT2D eigenvalue weighted by molar-refractivity contribution is 0.315. The van der Waals surface area contributed by atoms with Crippen LogP contribution in [0, 0.1) is 5.92 Å². The van der Waals surface area contributed by atoms with E-state index in [-0.39, 0.29) is 11.8 Å². The van der Waals surface area contributed by atoms with Gasteiger partial charge in [-0.3, -0.25) is 0 Å². The summed E-state index contributed by atoms with van der Waals surface area (Å²) in [6, 6.07) is 7.99. The molecule has 1 aromatic carbocycles. The van der Waals surface area contributed by atoms with Gasteiger partial charge in [-0.25, -0.2) is 8.42 Å². The largest absolute Gasteiger partial charge is 0.316 e. The van der Waals surface area contributed by atoms with Crippen molar-refractivity contribution >= 4 is 10.0 Å². The molecule has 0 saturated carbocycles. The molecule has 0 aromatic heterocycles. The molecule has 1 fully saturated rings. The van der Waals surface area contributed by atoms with Crippen LogP contribution in [0.5, 0.6) is 0 Å². The number of hydrogen-bond donors (Lipinski definition) is 1. The fourth-order valence-electron chi connectivity index (χ4n) is 3.03. The van der Waals surface area contributed by atoms with E-state index in [9.17, 15) is 8.42 Å². The Hall–Kier alpha value is -0.910. The van der Waals surface area contributed by atoms with Crippen molar-refractivity contribution in [2.75, 3.05) is 13.6 Å². The van der Waals surface area contributed by atoms with E-state index in [4.69, 9.17) is 0 Å². The third kappa shape index (κ3) is 4.05. The van der Waals surface area contributed by atoms with Gasteiger partial charge >= 0.3 is 0 Å². The summed E-state index contributed by atoms with van der Waals surface area (Å²) in [5.74, 6) is 0.482. The van der Waals surface area contributed by atoms with Crippen molar-refractivity contribution in [3.63, 3.8) is 0 Å². The highest BCUT2D eigenvalue weighted by molar-refractivity contribution is 7.88. The summed E-state index contributed by atoms with van der Waals surface area (Å²) in [5, 5.41) is 3.09. The summed E-state index contributed by atoms with van der Waals surface area (Å²) < 4.78 is 27.0. The molecule has 2 rings (SSSR count). The monoisotopic (exact) mass is 310 g/mol. The maximum absolute atomic E-state index is 12.6. The lowest BCUT2D eigenvalue weighted by Crippen LogP contribution is -2.39. The predicted molar refractivity (Wildman–Crippen MR) is 86.4 cm³/mol. The first-order valence-corrected chi connectivity index (χ1v) is 9.27. The van der Waals surface area contributed by atoms with Crippen LogP contribution < -0.4 is 5.32 Å². The second-order valence-electron chi connectivity index (χ2n) is 6.17. The van der Waals surface area contributed by atoms with E-state index < -0.39 is 10.0 Å². The topological polar surface area (TPSA) is 49.4 Å². The molecule has 21 heavy (non-hydrogen) atoms. The summed E-state index contributed by atoms with van der Waals surface area (Å²) in [5.41, 5.74) is 2.03. The lowest BCUT2D eigenvalue weighted by Gasteiger charge is -2.27. The fraction of sp³-hybridized carbons (Fsp3) is 0.625. The summed E-state index contributed by atoms with van der Waals surface area (Å²) in [4.78, 5) is 0. The van der Waals surface area contributed by atoms with E-state index in [1.807, 2.05) is 31.3 Å². The fourth-order valence-corrected chi connectivity index (χ4v) is 4.98. The molecule has 1 aliphatic heterocycles. The van der Waals surface area contributed by atoms with E-state index in [0.29, 0.717) is 12.5 Å². The van der Waals surface area contributed by atoms with E-state index in [0.717, 1.165) is 24.9 Å². The molecule has 1 aromatic rings. The van der Waals surface area contributed by atoms with Gasteiger partial charge in [-0.2, -0.15) is 4.31 Å². The molecule has 1 atom stereocenters. The van der Waals surface area contributed by atoms with E-state index in [1.165, 1.54) is 5.56 Å². The van der Waals surface area contributed by atoms with Crippen LogP contribution in [-0.2, 0) is 22.3 Å². The molecule has 118 valence electrons. The third-order valence-electron chi connectivity index (χ3n) is 4.13. The third-order valence-corrected chi connectivity index (χ3v) is 5.99. The maximum Gasteiger partial charge on any atom is 0.218 e. The lowest BCUT2D eigenvalue weighted by atomic mass is 10.0. The summed E-state index contributed by atoms with van der Waals surface area (Å²) >= 11 is 0. The van der Waals surface area contributed by atoms with Crippen molar-refractivity contribution in [3.8, 4) is 0 Å². The van der Waals surface area contributed by atoms with Crippen molar-refractivity contribution in [1.29, 1.82) is 0 Å². The molecule has 0 amide bonds. The van der Waals surface area contributed by atoms with Crippen LogP contribution in [0.15, 0.2) is 24.3 Å². The Kier molecular flexibility index (Phi) is 5.41. The Morgan fingerprint density at radius 3 is 2.43 bits per heavy atom. The second-order valence-corrected chi connectivity index (χ2v) is 8.09. The molecule has 0 radical (unpaired) electrons. The molecule has 0 aliphatic carbocycles. The first-order valence-electron chi connectivity index (χ1n) is 7.66. The number of rotatable bonds is 6. The molecule has 1 unspecified atom stereocenters. The van der Waals surface area contributed by atoms with Crippen LogP contribution >= 0.6 is 0 Å². The van der Waals surface area contributed by atoms with Crippen molar-refractivity contribution < 1.29 is 8.42 Å². The molecule has 1 N–H and O–H groups in total. The Morgan fingerprint density at radius 1 is 1.24 bits per heavy atom. The van der Waals surface area contributed by atoms with Gasteiger partial charge in [0.15, 0.2) is 0 Å². The Balaban J connectivity index is 2.10. The van der Waals surface area contributed by atoms with Crippen LogP contribution in [0.4, 0.5) is 0 Å². The molecule has 1 saturated heterocycles. The number of nitrogens with zero attached hydrogens (tertiary/aromatic N) is 1. The first-order chi connectivity index (χ1) is 9.94. The second kappa shape index (κ2) is 6.90. The van der Waals surface area contributed by atoms with Gasteiger partial charge in [0.25, 0.3) is 0 Å². The molecule has 4 nitrogen and oxygen atoms in total. The number of hydrogen-bond acceptors (Lipinski definition) is 3. The van der Waals surface area contributed by atoms with Crippen LogP contribution in [0.2, 0.25) is 0 Å². The predicted octanol–water partition coefficient (Wildman–Crippen LogP) is 2.36. The zero-order valence-corrected chi connectivity index (χ0v) is 14.0. The Labute approximate surface area is 128 Å². The highest BCUT2D eigenvalue weighted by Gasteiger charge is 2.35. The van der Waals surface area contributed by atoms with Gasteiger partial charge in [0.2, 0.25) is 10.0 Å². The zero-order chi connectivity index (χ0) is 15.5. The standard InChI is InChI=1S/C16H26N2O2S/c1-13(2)16-5-4-10-18(16)21(19,20)12-15-8-6-14(7-9-15)11-17-3/h6-9,13,16-17H,4-5,10-12H2,1-3H3. The minimum absolute atomic E-state index is 0.107. The van der Waals surface area contributed by atoms with Crippen molar-refractivity contribution in [2.24, 2.45) is 5.92 Å². The van der Waals surface area contributed by atoms with Crippen LogP contribution in [-0.4, -0.2) is 32.4 Å². The first kappa shape index (κ1) is 16.5. The van der Waals surface area contributed by atoms with E-state index in [1.54, 1.807) is 4.31 Å². The molecule has 1 heterocycles. The molecular formula is C16H26N2O2S. The van der Waals surface area contributed by atoms with Gasteiger partial charge in [0.05, 0.1) is 5.75 Å². The number of nitrogens with one attached hydrogen (secondary N) is 1.